The molecule has 0 aromatic carbocycles. The Labute approximate surface area is 89.1 Å². The normalized spacial score (nSPS) is 18.4. The van der Waals surface area contributed by atoms with E-state index >= 15 is 0 Å². The number of rotatable bonds is 1. The molecule has 0 radical (unpaired) electrons. The number of nitrogens with zero attached hydrogens (tertiary/aromatic N) is 3. The minimum atomic E-state index is 0.716. The van der Waals surface area contributed by atoms with Crippen LogP contribution in [0, 0.1) is 0 Å². The van der Waals surface area contributed by atoms with E-state index < -0.39 is 0 Å². The molecule has 2 aromatic heterocycles. The molecule has 0 aliphatic heterocycles. The van der Waals surface area contributed by atoms with Gasteiger partial charge in [0, 0.05) is 12.4 Å². The van der Waals surface area contributed by atoms with Gasteiger partial charge >= 0.3 is 0 Å². The van der Waals surface area contributed by atoms with Gasteiger partial charge in [0.2, 0.25) is 0 Å². The first kappa shape index (κ1) is 8.89. The highest BCUT2D eigenvalue weighted by Crippen LogP contribution is 2.32. The quantitative estimate of drug-likeness (QED) is 0.710. The smallest absolute Gasteiger partial charge is 0.153 e. The molecule has 2 aromatic rings. The molecule has 15 heavy (non-hydrogen) atoms. The standard InChI is InChI=1S/C12H15N3/c1-2-4-10(5-3-1)11-8-12-13-6-7-15(12)14-9-11/h6-10H,1-5H2. The lowest BCUT2D eigenvalue weighted by atomic mass is 9.85. The topological polar surface area (TPSA) is 30.2 Å². The van der Waals surface area contributed by atoms with Crippen LogP contribution in [0.1, 0.15) is 43.6 Å². The number of fused-ring (bicyclic) bond motifs is 1. The summed E-state index contributed by atoms with van der Waals surface area (Å²) in [5, 5.41) is 4.37. The first-order valence-corrected chi connectivity index (χ1v) is 5.73. The lowest BCUT2D eigenvalue weighted by molar-refractivity contribution is 0.442. The van der Waals surface area contributed by atoms with Gasteiger partial charge in [-0.05, 0) is 30.4 Å². The average molecular weight is 201 g/mol. The maximum absolute atomic E-state index is 4.37. The molecule has 3 nitrogen and oxygen atoms in total. The Morgan fingerprint density at radius 3 is 2.93 bits per heavy atom. The summed E-state index contributed by atoms with van der Waals surface area (Å²) in [6, 6.07) is 2.18. The average Bonchev–Trinajstić information content (AvgIpc) is 2.77. The van der Waals surface area contributed by atoms with Crippen LogP contribution in [0.15, 0.2) is 24.7 Å². The Balaban J connectivity index is 1.95. The van der Waals surface area contributed by atoms with Gasteiger partial charge < -0.3 is 0 Å². The predicted octanol–water partition coefficient (Wildman–Crippen LogP) is 2.78. The molecule has 0 unspecified atom stereocenters. The van der Waals surface area contributed by atoms with E-state index in [2.05, 4.69) is 16.1 Å². The summed E-state index contributed by atoms with van der Waals surface area (Å²) in [4.78, 5) is 4.27. The lowest BCUT2D eigenvalue weighted by Crippen LogP contribution is -2.06. The van der Waals surface area contributed by atoms with Crippen molar-refractivity contribution in [1.82, 2.24) is 14.6 Å². The van der Waals surface area contributed by atoms with Crippen molar-refractivity contribution in [2.45, 2.75) is 38.0 Å². The highest BCUT2D eigenvalue weighted by molar-refractivity contribution is 5.40. The SMILES string of the molecule is c1cn2ncc(C3CCCCC3)cc2n1. The van der Waals surface area contributed by atoms with Gasteiger partial charge in [-0.15, -0.1) is 0 Å². The third kappa shape index (κ3) is 1.62. The van der Waals surface area contributed by atoms with E-state index in [1.165, 1.54) is 37.7 Å². The molecular weight excluding hydrogens is 186 g/mol. The van der Waals surface area contributed by atoms with Crippen molar-refractivity contribution in [2.75, 3.05) is 0 Å². The van der Waals surface area contributed by atoms with Gasteiger partial charge in [-0.3, -0.25) is 0 Å². The van der Waals surface area contributed by atoms with Gasteiger partial charge in [-0.25, -0.2) is 9.50 Å². The first-order valence-electron chi connectivity index (χ1n) is 5.73. The molecule has 1 fully saturated rings. The second-order valence-corrected chi connectivity index (χ2v) is 4.35. The van der Waals surface area contributed by atoms with Crippen LogP contribution in [-0.2, 0) is 0 Å². The van der Waals surface area contributed by atoms with Crippen LogP contribution in [0.5, 0.6) is 0 Å². The fourth-order valence-electron chi connectivity index (χ4n) is 2.48. The van der Waals surface area contributed by atoms with Crippen molar-refractivity contribution in [2.24, 2.45) is 0 Å². The fraction of sp³-hybridized carbons (Fsp3) is 0.500. The highest BCUT2D eigenvalue weighted by Gasteiger charge is 2.16. The Bertz CT molecular complexity index is 455. The Morgan fingerprint density at radius 2 is 2.07 bits per heavy atom. The molecule has 1 aliphatic rings. The minimum absolute atomic E-state index is 0.716. The van der Waals surface area contributed by atoms with Crippen molar-refractivity contribution < 1.29 is 0 Å². The van der Waals surface area contributed by atoms with E-state index in [9.17, 15) is 0 Å². The van der Waals surface area contributed by atoms with Crippen LogP contribution in [0.2, 0.25) is 0 Å². The molecule has 0 N–H and O–H groups in total. The zero-order valence-corrected chi connectivity index (χ0v) is 8.76. The number of hydrogen-bond donors (Lipinski definition) is 0. The van der Waals surface area contributed by atoms with Crippen molar-refractivity contribution >= 4 is 5.65 Å². The lowest BCUT2D eigenvalue weighted by Gasteiger charge is -2.21. The summed E-state index contributed by atoms with van der Waals surface area (Å²) in [7, 11) is 0. The van der Waals surface area contributed by atoms with E-state index in [0.717, 1.165) is 5.65 Å². The molecule has 1 aliphatic carbocycles. The van der Waals surface area contributed by atoms with E-state index in [0.29, 0.717) is 5.92 Å². The summed E-state index contributed by atoms with van der Waals surface area (Å²) in [5.41, 5.74) is 2.34. The monoisotopic (exact) mass is 201 g/mol. The summed E-state index contributed by atoms with van der Waals surface area (Å²) < 4.78 is 1.83. The molecule has 2 heterocycles. The van der Waals surface area contributed by atoms with Crippen LogP contribution in [0.4, 0.5) is 0 Å². The van der Waals surface area contributed by atoms with E-state index in [4.69, 9.17) is 0 Å². The maximum atomic E-state index is 4.37. The molecule has 0 amide bonds. The van der Waals surface area contributed by atoms with Crippen LogP contribution < -0.4 is 0 Å². The third-order valence-corrected chi connectivity index (χ3v) is 3.35. The van der Waals surface area contributed by atoms with Crippen LogP contribution in [0.3, 0.4) is 0 Å². The Morgan fingerprint density at radius 1 is 1.20 bits per heavy atom. The number of hydrogen-bond acceptors (Lipinski definition) is 2. The zero-order valence-electron chi connectivity index (χ0n) is 8.76. The first-order chi connectivity index (χ1) is 7.43. The second-order valence-electron chi connectivity index (χ2n) is 4.35. The van der Waals surface area contributed by atoms with E-state index in [1.54, 1.807) is 6.20 Å². The largest absolute Gasteiger partial charge is 0.236 e. The van der Waals surface area contributed by atoms with Gasteiger partial charge in [0.15, 0.2) is 5.65 Å². The van der Waals surface area contributed by atoms with Crippen LogP contribution >= 0.6 is 0 Å². The highest BCUT2D eigenvalue weighted by atomic mass is 15.2. The Kier molecular flexibility index (Phi) is 2.16. The van der Waals surface area contributed by atoms with Crippen molar-refractivity contribution in [3.63, 3.8) is 0 Å². The molecule has 0 bridgehead atoms. The van der Waals surface area contributed by atoms with Crippen molar-refractivity contribution in [3.8, 4) is 0 Å². The number of aromatic nitrogens is 3. The molecule has 0 saturated heterocycles. The van der Waals surface area contributed by atoms with E-state index in [1.807, 2.05) is 16.9 Å². The van der Waals surface area contributed by atoms with Crippen LogP contribution in [0.25, 0.3) is 5.65 Å². The summed E-state index contributed by atoms with van der Waals surface area (Å²) in [5.74, 6) is 0.716. The second kappa shape index (κ2) is 3.65. The molecule has 1 saturated carbocycles. The van der Waals surface area contributed by atoms with Gasteiger partial charge in [0.25, 0.3) is 0 Å². The fourth-order valence-corrected chi connectivity index (χ4v) is 2.48. The molecule has 0 atom stereocenters. The molecule has 78 valence electrons. The molecule has 3 rings (SSSR count). The molecule has 3 heteroatoms. The Hall–Kier alpha value is -1.38. The third-order valence-electron chi connectivity index (χ3n) is 3.35. The molecule has 0 spiro atoms. The maximum Gasteiger partial charge on any atom is 0.153 e. The van der Waals surface area contributed by atoms with Gasteiger partial charge in [0.1, 0.15) is 0 Å². The number of imidazole rings is 1. The van der Waals surface area contributed by atoms with E-state index in [-0.39, 0.29) is 0 Å². The predicted molar refractivity (Wildman–Crippen MR) is 58.8 cm³/mol. The molecular formula is C12H15N3. The summed E-state index contributed by atoms with van der Waals surface area (Å²) in [6.45, 7) is 0. The zero-order chi connectivity index (χ0) is 10.1. The van der Waals surface area contributed by atoms with Gasteiger partial charge in [0.05, 0.1) is 6.20 Å². The van der Waals surface area contributed by atoms with Crippen molar-refractivity contribution in [3.05, 3.63) is 30.2 Å². The van der Waals surface area contributed by atoms with Crippen molar-refractivity contribution in [1.29, 1.82) is 0 Å². The van der Waals surface area contributed by atoms with Gasteiger partial charge in [-0.2, -0.15) is 5.10 Å². The summed E-state index contributed by atoms with van der Waals surface area (Å²) >= 11 is 0. The summed E-state index contributed by atoms with van der Waals surface area (Å²) in [6.07, 6.45) is 12.5. The minimum Gasteiger partial charge on any atom is -0.236 e. The van der Waals surface area contributed by atoms with Gasteiger partial charge in [-0.1, -0.05) is 19.3 Å². The van der Waals surface area contributed by atoms with Crippen LogP contribution in [-0.4, -0.2) is 14.6 Å².